The highest BCUT2D eigenvalue weighted by Crippen LogP contribution is 2.29. The van der Waals surface area contributed by atoms with E-state index in [1.165, 1.54) is 17.5 Å². The van der Waals surface area contributed by atoms with Gasteiger partial charge in [-0.25, -0.2) is 22.8 Å². The number of rotatable bonds is 5. The van der Waals surface area contributed by atoms with Crippen molar-refractivity contribution < 1.29 is 22.3 Å². The normalized spacial score (nSPS) is 18.7. The molecule has 0 spiro atoms. The first-order chi connectivity index (χ1) is 12.0. The Morgan fingerprint density at radius 1 is 1.28 bits per heavy atom. The fourth-order valence-corrected chi connectivity index (χ4v) is 4.38. The molecular weight excluding hydrogens is 349 g/mol. The smallest absolute Gasteiger partial charge is 0.316 e. The molecule has 2 aromatic rings. The van der Waals surface area contributed by atoms with E-state index >= 15 is 0 Å². The Morgan fingerprint density at radius 2 is 2.04 bits per heavy atom. The number of ether oxygens (including phenoxy) is 2. The monoisotopic (exact) mass is 367 g/mol. The lowest BCUT2D eigenvalue weighted by molar-refractivity contribution is 0.119. The van der Waals surface area contributed by atoms with Crippen LogP contribution in [0, 0.1) is 5.82 Å². The van der Waals surface area contributed by atoms with Gasteiger partial charge in [-0.2, -0.15) is 4.31 Å². The van der Waals surface area contributed by atoms with Gasteiger partial charge in [0.2, 0.25) is 10.0 Å². The van der Waals surface area contributed by atoms with Gasteiger partial charge in [-0.15, -0.1) is 0 Å². The third-order valence-electron chi connectivity index (χ3n) is 3.90. The van der Waals surface area contributed by atoms with Crippen LogP contribution < -0.4 is 9.47 Å². The van der Waals surface area contributed by atoms with E-state index in [9.17, 15) is 12.8 Å². The lowest BCUT2D eigenvalue weighted by atomic mass is 10.1. The number of sulfonamides is 1. The van der Waals surface area contributed by atoms with Crippen molar-refractivity contribution >= 4 is 10.0 Å². The lowest BCUT2D eigenvalue weighted by Crippen LogP contribution is -2.44. The van der Waals surface area contributed by atoms with Crippen molar-refractivity contribution in [2.24, 2.45) is 0 Å². The minimum absolute atomic E-state index is 0.107. The zero-order chi connectivity index (χ0) is 17.9. The zero-order valence-corrected chi connectivity index (χ0v) is 14.4. The first-order valence-corrected chi connectivity index (χ1v) is 9.22. The van der Waals surface area contributed by atoms with E-state index in [0.717, 1.165) is 12.1 Å². The molecule has 2 heterocycles. The maximum Gasteiger partial charge on any atom is 0.316 e. The fraction of sp³-hybridized carbons (Fsp3) is 0.375. The fourth-order valence-electron chi connectivity index (χ4n) is 2.71. The summed E-state index contributed by atoms with van der Waals surface area (Å²) in [5.74, 6) is -0.530. The van der Waals surface area contributed by atoms with Gasteiger partial charge in [0.15, 0.2) is 0 Å². The summed E-state index contributed by atoms with van der Waals surface area (Å²) >= 11 is 0. The van der Waals surface area contributed by atoms with Crippen LogP contribution in [0.5, 0.6) is 11.8 Å². The second kappa shape index (κ2) is 7.32. The molecule has 0 bridgehead atoms. The van der Waals surface area contributed by atoms with Gasteiger partial charge < -0.3 is 9.47 Å². The number of aromatic nitrogens is 2. The Labute approximate surface area is 145 Å². The Bertz CT molecular complexity index is 833. The molecule has 7 nitrogen and oxygen atoms in total. The minimum Gasteiger partial charge on any atom is -0.495 e. The number of nitrogens with zero attached hydrogens (tertiary/aromatic N) is 3. The van der Waals surface area contributed by atoms with Gasteiger partial charge in [0.1, 0.15) is 22.6 Å². The molecule has 1 aromatic heterocycles. The maximum atomic E-state index is 13.6. The third kappa shape index (κ3) is 3.88. The molecule has 1 fully saturated rings. The minimum atomic E-state index is -3.90. The van der Waals surface area contributed by atoms with Crippen LogP contribution in [0.4, 0.5) is 4.39 Å². The number of halogens is 1. The van der Waals surface area contributed by atoms with Crippen LogP contribution in [-0.4, -0.2) is 49.0 Å². The topological polar surface area (TPSA) is 81.6 Å². The van der Waals surface area contributed by atoms with E-state index in [1.807, 2.05) is 0 Å². The van der Waals surface area contributed by atoms with Gasteiger partial charge in [0, 0.05) is 18.9 Å². The molecule has 9 heteroatoms. The molecule has 1 aromatic carbocycles. The SMILES string of the molecule is COc1ccc(F)cc1S(=O)(=O)N1CCCC(Oc2ncccn2)C1. The number of piperidine rings is 1. The highest BCUT2D eigenvalue weighted by atomic mass is 32.2. The average Bonchev–Trinajstić information content (AvgIpc) is 2.63. The van der Waals surface area contributed by atoms with Crippen molar-refractivity contribution in [1.29, 1.82) is 0 Å². The van der Waals surface area contributed by atoms with Gasteiger partial charge in [0.05, 0.1) is 13.7 Å². The summed E-state index contributed by atoms with van der Waals surface area (Å²) < 4.78 is 51.4. The molecule has 0 saturated carbocycles. The molecule has 25 heavy (non-hydrogen) atoms. The standard InChI is InChI=1S/C16H18FN3O4S/c1-23-14-6-5-12(17)10-15(14)25(21,22)20-9-2-4-13(11-20)24-16-18-7-3-8-19-16/h3,5-8,10,13H,2,4,9,11H2,1H3. The quantitative estimate of drug-likeness (QED) is 0.802. The Hall–Kier alpha value is -2.26. The predicted octanol–water partition coefficient (Wildman–Crippen LogP) is 1.86. The number of methoxy groups -OCH3 is 1. The summed E-state index contributed by atoms with van der Waals surface area (Å²) in [5.41, 5.74) is 0. The van der Waals surface area contributed by atoms with Crippen LogP contribution in [-0.2, 0) is 10.0 Å². The maximum absolute atomic E-state index is 13.6. The average molecular weight is 367 g/mol. The number of hydrogen-bond acceptors (Lipinski definition) is 6. The number of hydrogen-bond donors (Lipinski definition) is 0. The van der Waals surface area contributed by atoms with Crippen molar-refractivity contribution in [3.8, 4) is 11.8 Å². The highest BCUT2D eigenvalue weighted by Gasteiger charge is 2.33. The van der Waals surface area contributed by atoms with E-state index in [1.54, 1.807) is 18.5 Å². The Balaban J connectivity index is 1.81. The van der Waals surface area contributed by atoms with Crippen molar-refractivity contribution in [1.82, 2.24) is 14.3 Å². The Morgan fingerprint density at radius 3 is 2.76 bits per heavy atom. The summed E-state index contributed by atoms with van der Waals surface area (Å²) in [6.07, 6.45) is 4.04. The van der Waals surface area contributed by atoms with E-state index < -0.39 is 15.8 Å². The van der Waals surface area contributed by atoms with Crippen LogP contribution in [0.1, 0.15) is 12.8 Å². The molecule has 0 amide bonds. The molecular formula is C16H18FN3O4S. The van der Waals surface area contributed by atoms with Gasteiger partial charge in [-0.1, -0.05) is 0 Å². The molecule has 1 atom stereocenters. The molecule has 0 aliphatic carbocycles. The van der Waals surface area contributed by atoms with Gasteiger partial charge >= 0.3 is 6.01 Å². The van der Waals surface area contributed by atoms with Gasteiger partial charge in [-0.05, 0) is 37.1 Å². The molecule has 1 aliphatic rings. The van der Waals surface area contributed by atoms with Crippen molar-refractivity contribution in [3.63, 3.8) is 0 Å². The van der Waals surface area contributed by atoms with Crippen LogP contribution in [0.15, 0.2) is 41.6 Å². The molecule has 1 aliphatic heterocycles. The molecule has 0 radical (unpaired) electrons. The van der Waals surface area contributed by atoms with E-state index in [0.29, 0.717) is 19.4 Å². The summed E-state index contributed by atoms with van der Waals surface area (Å²) in [4.78, 5) is 7.78. The second-order valence-corrected chi connectivity index (χ2v) is 7.48. The second-order valence-electron chi connectivity index (χ2n) is 5.57. The van der Waals surface area contributed by atoms with E-state index in [-0.39, 0.29) is 29.3 Å². The van der Waals surface area contributed by atoms with Gasteiger partial charge in [-0.3, -0.25) is 0 Å². The predicted molar refractivity (Wildman–Crippen MR) is 87.4 cm³/mol. The molecule has 134 valence electrons. The van der Waals surface area contributed by atoms with Crippen LogP contribution in [0.25, 0.3) is 0 Å². The van der Waals surface area contributed by atoms with E-state index in [4.69, 9.17) is 9.47 Å². The first kappa shape index (κ1) is 17.6. The third-order valence-corrected chi connectivity index (χ3v) is 5.78. The molecule has 1 saturated heterocycles. The van der Waals surface area contributed by atoms with E-state index in [2.05, 4.69) is 9.97 Å². The zero-order valence-electron chi connectivity index (χ0n) is 13.6. The Kier molecular flexibility index (Phi) is 5.14. The first-order valence-electron chi connectivity index (χ1n) is 7.78. The lowest BCUT2D eigenvalue weighted by Gasteiger charge is -2.31. The highest BCUT2D eigenvalue weighted by molar-refractivity contribution is 7.89. The summed E-state index contributed by atoms with van der Waals surface area (Å²) in [6.45, 7) is 0.470. The summed E-state index contributed by atoms with van der Waals surface area (Å²) in [6, 6.07) is 5.31. The van der Waals surface area contributed by atoms with Crippen LogP contribution >= 0.6 is 0 Å². The van der Waals surface area contributed by atoms with Crippen molar-refractivity contribution in [3.05, 3.63) is 42.5 Å². The van der Waals surface area contributed by atoms with Crippen LogP contribution in [0.3, 0.4) is 0 Å². The van der Waals surface area contributed by atoms with Crippen LogP contribution in [0.2, 0.25) is 0 Å². The molecule has 0 N–H and O–H groups in total. The molecule has 3 rings (SSSR count). The summed E-state index contributed by atoms with van der Waals surface area (Å²) in [5, 5.41) is 0. The van der Waals surface area contributed by atoms with Crippen molar-refractivity contribution in [2.75, 3.05) is 20.2 Å². The largest absolute Gasteiger partial charge is 0.495 e. The van der Waals surface area contributed by atoms with Crippen molar-refractivity contribution in [2.45, 2.75) is 23.8 Å². The number of benzene rings is 1. The molecule has 1 unspecified atom stereocenters. The van der Waals surface area contributed by atoms with Gasteiger partial charge in [0.25, 0.3) is 0 Å². The summed E-state index contributed by atoms with van der Waals surface area (Å²) in [7, 11) is -2.56.